The van der Waals surface area contributed by atoms with Crippen molar-refractivity contribution in [3.63, 3.8) is 0 Å². The normalized spacial score (nSPS) is 17.3. The molecule has 1 N–H and O–H groups in total. The van der Waals surface area contributed by atoms with Gasteiger partial charge in [0.05, 0.1) is 5.56 Å². The number of anilines is 1. The fraction of sp³-hybridized carbons (Fsp3) is 0.500. The Kier molecular flexibility index (Phi) is 4.50. The van der Waals surface area contributed by atoms with E-state index in [2.05, 4.69) is 20.8 Å². The van der Waals surface area contributed by atoms with E-state index in [1.807, 2.05) is 6.92 Å². The van der Waals surface area contributed by atoms with Crippen LogP contribution in [0.2, 0.25) is 0 Å². The fourth-order valence-electron chi connectivity index (χ4n) is 3.51. The molecule has 2 heterocycles. The second-order valence-corrected chi connectivity index (χ2v) is 8.35. The van der Waals surface area contributed by atoms with Gasteiger partial charge < -0.3 is 5.32 Å². The average Bonchev–Trinajstić information content (AvgIpc) is 3.18. The molecule has 1 amide bonds. The third kappa shape index (κ3) is 3.05. The first-order valence-electron chi connectivity index (χ1n) is 8.68. The molecule has 0 saturated heterocycles. The molecular weight excluding hydrogens is 338 g/mol. The third-order valence-electron chi connectivity index (χ3n) is 4.72. The Morgan fingerprint density at radius 3 is 2.75 bits per heavy atom. The van der Waals surface area contributed by atoms with Crippen molar-refractivity contribution in [3.8, 4) is 10.6 Å². The molecule has 2 aromatic rings. The van der Waals surface area contributed by atoms with Gasteiger partial charge >= 0.3 is 0 Å². The lowest BCUT2D eigenvalue weighted by Gasteiger charge is -2.13. The Morgan fingerprint density at radius 2 is 2.00 bits per heavy atom. The number of nitrogens with zero attached hydrogens (tertiary/aromatic N) is 2. The Hall–Kier alpha value is -1.53. The first kappa shape index (κ1) is 16.0. The topological polar surface area (TPSA) is 54.9 Å². The number of amides is 1. The van der Waals surface area contributed by atoms with Crippen LogP contribution in [0.1, 0.15) is 54.8 Å². The van der Waals surface area contributed by atoms with E-state index in [0.29, 0.717) is 0 Å². The van der Waals surface area contributed by atoms with Crippen molar-refractivity contribution in [1.82, 2.24) is 9.36 Å². The summed E-state index contributed by atoms with van der Waals surface area (Å²) in [6, 6.07) is 0. The van der Waals surface area contributed by atoms with E-state index in [1.165, 1.54) is 41.2 Å². The van der Waals surface area contributed by atoms with Crippen molar-refractivity contribution < 1.29 is 4.79 Å². The van der Waals surface area contributed by atoms with Crippen LogP contribution in [-0.4, -0.2) is 15.3 Å². The minimum atomic E-state index is 0.0655. The smallest absolute Gasteiger partial charge is 0.251 e. The summed E-state index contributed by atoms with van der Waals surface area (Å²) in [7, 11) is 0. The number of allylic oxidation sites excluding steroid dienone is 1. The Balaban J connectivity index is 1.70. The predicted molar refractivity (Wildman–Crippen MR) is 99.8 cm³/mol. The van der Waals surface area contributed by atoms with E-state index in [9.17, 15) is 4.79 Å². The highest BCUT2D eigenvalue weighted by molar-refractivity contribution is 7.18. The standard InChI is InChI=1S/C18H21N3OS2/c1-11-19-18(24-21-11)15-13-9-5-6-10-14(13)23-17(15)20-16(22)12-7-3-2-4-8-12/h7H,2-6,8-10H2,1H3,(H,20,22). The second-order valence-electron chi connectivity index (χ2n) is 6.49. The number of hydrogen-bond donors (Lipinski definition) is 1. The molecular formula is C18H21N3OS2. The van der Waals surface area contributed by atoms with Gasteiger partial charge in [0, 0.05) is 10.5 Å². The molecule has 6 heteroatoms. The molecule has 0 aliphatic heterocycles. The van der Waals surface area contributed by atoms with Crippen LogP contribution >= 0.6 is 22.9 Å². The highest BCUT2D eigenvalue weighted by atomic mass is 32.1. The first-order chi connectivity index (χ1) is 11.7. The molecule has 0 fully saturated rings. The van der Waals surface area contributed by atoms with Gasteiger partial charge in [0.15, 0.2) is 0 Å². The summed E-state index contributed by atoms with van der Waals surface area (Å²) in [5.74, 6) is 0.869. The summed E-state index contributed by atoms with van der Waals surface area (Å²) in [6.45, 7) is 1.92. The van der Waals surface area contributed by atoms with Crippen LogP contribution in [0.25, 0.3) is 10.6 Å². The zero-order chi connectivity index (χ0) is 16.5. The number of fused-ring (bicyclic) bond motifs is 1. The molecule has 4 nitrogen and oxygen atoms in total. The SMILES string of the molecule is Cc1nsc(-c2c(NC(=O)C3=CCCCC3)sc3c2CCCC3)n1. The predicted octanol–water partition coefficient (Wildman–Crippen LogP) is 4.89. The van der Waals surface area contributed by atoms with Crippen molar-refractivity contribution in [1.29, 1.82) is 0 Å². The maximum atomic E-state index is 12.7. The van der Waals surface area contributed by atoms with Gasteiger partial charge in [-0.1, -0.05) is 6.08 Å². The average molecular weight is 360 g/mol. The molecule has 0 radical (unpaired) electrons. The van der Waals surface area contributed by atoms with Crippen LogP contribution in [-0.2, 0) is 17.6 Å². The van der Waals surface area contributed by atoms with Crippen LogP contribution in [0.5, 0.6) is 0 Å². The van der Waals surface area contributed by atoms with Crippen molar-refractivity contribution in [2.75, 3.05) is 5.32 Å². The van der Waals surface area contributed by atoms with E-state index in [1.54, 1.807) is 11.3 Å². The molecule has 0 bridgehead atoms. The van der Waals surface area contributed by atoms with E-state index in [4.69, 9.17) is 0 Å². The molecule has 0 saturated carbocycles. The number of rotatable bonds is 3. The fourth-order valence-corrected chi connectivity index (χ4v) is 5.61. The number of hydrogen-bond acceptors (Lipinski definition) is 5. The number of nitrogens with one attached hydrogen (secondary N) is 1. The molecule has 4 rings (SSSR count). The number of carbonyl (C=O) groups excluding carboxylic acids is 1. The van der Waals surface area contributed by atoms with E-state index in [0.717, 1.165) is 59.1 Å². The zero-order valence-corrected chi connectivity index (χ0v) is 15.5. The molecule has 24 heavy (non-hydrogen) atoms. The monoisotopic (exact) mass is 359 g/mol. The van der Waals surface area contributed by atoms with Crippen LogP contribution in [0.4, 0.5) is 5.00 Å². The van der Waals surface area contributed by atoms with Gasteiger partial charge in [0.25, 0.3) is 5.91 Å². The van der Waals surface area contributed by atoms with Gasteiger partial charge in [-0.05, 0) is 75.4 Å². The Labute approximate surface area is 150 Å². The summed E-state index contributed by atoms with van der Waals surface area (Å²) < 4.78 is 4.34. The van der Waals surface area contributed by atoms with Gasteiger partial charge in [0.2, 0.25) is 0 Å². The maximum absolute atomic E-state index is 12.7. The van der Waals surface area contributed by atoms with Crippen LogP contribution in [0.3, 0.4) is 0 Å². The summed E-state index contributed by atoms with van der Waals surface area (Å²) in [5, 5.41) is 5.11. The molecule has 2 aliphatic carbocycles. The summed E-state index contributed by atoms with van der Waals surface area (Å²) in [6.07, 6.45) is 11.0. The van der Waals surface area contributed by atoms with Crippen molar-refractivity contribution in [3.05, 3.63) is 27.9 Å². The van der Waals surface area contributed by atoms with Crippen molar-refractivity contribution in [2.45, 2.75) is 58.3 Å². The highest BCUT2D eigenvalue weighted by Crippen LogP contribution is 2.44. The third-order valence-corrected chi connectivity index (χ3v) is 6.75. The Morgan fingerprint density at radius 1 is 1.17 bits per heavy atom. The van der Waals surface area contributed by atoms with Crippen molar-refractivity contribution >= 4 is 33.8 Å². The lowest BCUT2D eigenvalue weighted by atomic mass is 9.95. The number of aromatic nitrogens is 2. The van der Waals surface area contributed by atoms with E-state index in [-0.39, 0.29) is 5.91 Å². The van der Waals surface area contributed by atoms with Gasteiger partial charge in [-0.25, -0.2) is 4.98 Å². The largest absolute Gasteiger partial charge is 0.313 e. The Bertz CT molecular complexity index is 803. The summed E-state index contributed by atoms with van der Waals surface area (Å²) in [5.41, 5.74) is 3.45. The lowest BCUT2D eigenvalue weighted by molar-refractivity contribution is -0.113. The minimum absolute atomic E-state index is 0.0655. The molecule has 2 aliphatic rings. The number of thiophene rings is 1. The van der Waals surface area contributed by atoms with Gasteiger partial charge in [0.1, 0.15) is 15.8 Å². The zero-order valence-electron chi connectivity index (χ0n) is 13.9. The van der Waals surface area contributed by atoms with Gasteiger partial charge in [-0.3, -0.25) is 4.79 Å². The number of carbonyl (C=O) groups is 1. The van der Waals surface area contributed by atoms with Crippen molar-refractivity contribution in [2.24, 2.45) is 0 Å². The molecule has 0 atom stereocenters. The van der Waals surface area contributed by atoms with E-state index >= 15 is 0 Å². The van der Waals surface area contributed by atoms with Crippen LogP contribution < -0.4 is 5.32 Å². The molecule has 126 valence electrons. The molecule has 0 unspecified atom stereocenters. The van der Waals surface area contributed by atoms with Gasteiger partial charge in [-0.15, -0.1) is 11.3 Å². The highest BCUT2D eigenvalue weighted by Gasteiger charge is 2.25. The second kappa shape index (κ2) is 6.76. The quantitative estimate of drug-likeness (QED) is 0.848. The van der Waals surface area contributed by atoms with Crippen LogP contribution in [0.15, 0.2) is 11.6 Å². The maximum Gasteiger partial charge on any atom is 0.251 e. The van der Waals surface area contributed by atoms with Crippen LogP contribution in [0, 0.1) is 6.92 Å². The van der Waals surface area contributed by atoms with E-state index < -0.39 is 0 Å². The number of aryl methyl sites for hydroxylation is 2. The minimum Gasteiger partial charge on any atom is -0.313 e. The first-order valence-corrected chi connectivity index (χ1v) is 10.3. The lowest BCUT2D eigenvalue weighted by Crippen LogP contribution is -2.15. The summed E-state index contributed by atoms with van der Waals surface area (Å²) >= 11 is 3.17. The molecule has 2 aromatic heterocycles. The summed E-state index contributed by atoms with van der Waals surface area (Å²) in [4.78, 5) is 18.7. The molecule has 0 aromatic carbocycles. The molecule has 0 spiro atoms. The van der Waals surface area contributed by atoms with Gasteiger partial charge in [-0.2, -0.15) is 4.37 Å².